The summed E-state index contributed by atoms with van der Waals surface area (Å²) in [5.41, 5.74) is 7.87. The molecule has 0 bridgehead atoms. The fraction of sp³-hybridized carbons (Fsp3) is 0.500. The molecule has 2 atom stereocenters. The molecular formula is C14H22N2O2. The van der Waals surface area contributed by atoms with Crippen LogP contribution in [-0.2, 0) is 4.79 Å². The van der Waals surface area contributed by atoms with Crippen LogP contribution in [0.4, 0.5) is 0 Å². The molecule has 0 fully saturated rings. The number of amides is 1. The van der Waals surface area contributed by atoms with E-state index >= 15 is 0 Å². The van der Waals surface area contributed by atoms with Crippen molar-refractivity contribution >= 4 is 5.91 Å². The zero-order valence-electron chi connectivity index (χ0n) is 11.7. The maximum Gasteiger partial charge on any atom is 0.262 e. The van der Waals surface area contributed by atoms with Crippen molar-refractivity contribution in [3.63, 3.8) is 0 Å². The van der Waals surface area contributed by atoms with Gasteiger partial charge in [0.1, 0.15) is 5.75 Å². The lowest BCUT2D eigenvalue weighted by Crippen LogP contribution is -2.35. The van der Waals surface area contributed by atoms with Crippen LogP contribution in [0, 0.1) is 6.92 Å². The third-order valence-corrected chi connectivity index (χ3v) is 2.82. The van der Waals surface area contributed by atoms with Crippen molar-refractivity contribution in [1.82, 2.24) is 4.90 Å². The molecule has 0 saturated heterocycles. The first-order valence-electron chi connectivity index (χ1n) is 6.07. The Bertz CT molecular complexity index is 428. The van der Waals surface area contributed by atoms with Crippen molar-refractivity contribution in [3.05, 3.63) is 29.3 Å². The van der Waals surface area contributed by atoms with Crippen LogP contribution < -0.4 is 10.5 Å². The first-order valence-corrected chi connectivity index (χ1v) is 6.07. The van der Waals surface area contributed by atoms with Crippen molar-refractivity contribution in [2.75, 3.05) is 14.1 Å². The van der Waals surface area contributed by atoms with Gasteiger partial charge in [0.15, 0.2) is 6.10 Å². The van der Waals surface area contributed by atoms with Crippen LogP contribution in [0.15, 0.2) is 18.2 Å². The monoisotopic (exact) mass is 250 g/mol. The van der Waals surface area contributed by atoms with E-state index in [0.717, 1.165) is 16.9 Å². The van der Waals surface area contributed by atoms with Gasteiger partial charge in [-0.1, -0.05) is 12.1 Å². The molecule has 0 saturated carbocycles. The number of carbonyl (C=O) groups excluding carboxylic acids is 1. The molecular weight excluding hydrogens is 228 g/mol. The number of rotatable bonds is 4. The molecule has 1 aromatic carbocycles. The Morgan fingerprint density at radius 2 is 1.94 bits per heavy atom. The van der Waals surface area contributed by atoms with Crippen LogP contribution >= 0.6 is 0 Å². The lowest BCUT2D eigenvalue weighted by Gasteiger charge is -2.20. The van der Waals surface area contributed by atoms with Crippen LogP contribution in [0.1, 0.15) is 31.0 Å². The molecule has 4 heteroatoms. The molecule has 1 unspecified atom stereocenters. The summed E-state index contributed by atoms with van der Waals surface area (Å²) < 4.78 is 5.67. The summed E-state index contributed by atoms with van der Waals surface area (Å²) in [6.07, 6.45) is -0.486. The van der Waals surface area contributed by atoms with Gasteiger partial charge in [0, 0.05) is 20.1 Å². The van der Waals surface area contributed by atoms with E-state index in [4.69, 9.17) is 10.5 Å². The van der Waals surface area contributed by atoms with E-state index in [9.17, 15) is 4.79 Å². The molecule has 0 spiro atoms. The summed E-state index contributed by atoms with van der Waals surface area (Å²) >= 11 is 0. The molecule has 0 heterocycles. The van der Waals surface area contributed by atoms with Crippen molar-refractivity contribution in [3.8, 4) is 5.75 Å². The fourth-order valence-electron chi connectivity index (χ4n) is 1.69. The van der Waals surface area contributed by atoms with Crippen molar-refractivity contribution < 1.29 is 9.53 Å². The maximum absolute atomic E-state index is 11.7. The highest BCUT2D eigenvalue weighted by Gasteiger charge is 2.17. The number of hydrogen-bond donors (Lipinski definition) is 1. The van der Waals surface area contributed by atoms with Crippen LogP contribution in [0.25, 0.3) is 0 Å². The SMILES string of the molecule is Cc1cc([C@H](C)N)ccc1OC(C)C(=O)N(C)C. The van der Waals surface area contributed by atoms with Gasteiger partial charge in [-0.3, -0.25) is 4.79 Å². The van der Waals surface area contributed by atoms with E-state index in [1.54, 1.807) is 21.0 Å². The predicted octanol–water partition coefficient (Wildman–Crippen LogP) is 1.87. The molecule has 18 heavy (non-hydrogen) atoms. The van der Waals surface area contributed by atoms with Crippen molar-refractivity contribution in [2.45, 2.75) is 32.9 Å². The van der Waals surface area contributed by atoms with Gasteiger partial charge in [-0.2, -0.15) is 0 Å². The predicted molar refractivity (Wildman–Crippen MR) is 72.6 cm³/mol. The number of hydrogen-bond acceptors (Lipinski definition) is 3. The first-order chi connectivity index (χ1) is 8.32. The summed E-state index contributed by atoms with van der Waals surface area (Å²) in [6, 6.07) is 5.79. The molecule has 0 aliphatic rings. The third-order valence-electron chi connectivity index (χ3n) is 2.82. The Morgan fingerprint density at radius 1 is 1.33 bits per heavy atom. The van der Waals surface area contributed by atoms with Gasteiger partial charge in [0.2, 0.25) is 0 Å². The second kappa shape index (κ2) is 5.87. The largest absolute Gasteiger partial charge is 0.481 e. The van der Waals surface area contributed by atoms with E-state index in [-0.39, 0.29) is 11.9 Å². The minimum atomic E-state index is -0.486. The molecule has 1 rings (SSSR count). The smallest absolute Gasteiger partial charge is 0.262 e. The van der Waals surface area contributed by atoms with Gasteiger partial charge in [-0.05, 0) is 38.0 Å². The number of nitrogens with two attached hydrogens (primary N) is 1. The van der Waals surface area contributed by atoms with Crippen LogP contribution in [0.2, 0.25) is 0 Å². The number of likely N-dealkylation sites (N-methyl/N-ethyl adjacent to an activating group) is 1. The van der Waals surface area contributed by atoms with Gasteiger partial charge in [0.25, 0.3) is 5.91 Å². The average Bonchev–Trinajstić information content (AvgIpc) is 2.30. The Hall–Kier alpha value is -1.55. The molecule has 2 N–H and O–H groups in total. The quantitative estimate of drug-likeness (QED) is 0.887. The standard InChI is InChI=1S/C14H22N2O2/c1-9-8-12(10(2)15)6-7-13(9)18-11(3)14(17)16(4)5/h6-8,10-11H,15H2,1-5H3/t10-,11?/m0/s1. The number of aryl methyl sites for hydroxylation is 1. The number of nitrogens with zero attached hydrogens (tertiary/aromatic N) is 1. The van der Waals surface area contributed by atoms with E-state index in [2.05, 4.69) is 0 Å². The van der Waals surface area contributed by atoms with Gasteiger partial charge in [0.05, 0.1) is 0 Å². The molecule has 100 valence electrons. The summed E-state index contributed by atoms with van der Waals surface area (Å²) in [5, 5.41) is 0. The maximum atomic E-state index is 11.7. The minimum Gasteiger partial charge on any atom is -0.481 e. The number of ether oxygens (including phenoxy) is 1. The third kappa shape index (κ3) is 3.47. The highest BCUT2D eigenvalue weighted by Crippen LogP contribution is 2.23. The van der Waals surface area contributed by atoms with Crippen LogP contribution in [0.5, 0.6) is 5.75 Å². The van der Waals surface area contributed by atoms with Crippen LogP contribution in [-0.4, -0.2) is 31.0 Å². The zero-order valence-corrected chi connectivity index (χ0v) is 11.7. The first kappa shape index (κ1) is 14.5. The average molecular weight is 250 g/mol. The van der Waals surface area contributed by atoms with Crippen LogP contribution in [0.3, 0.4) is 0 Å². The highest BCUT2D eigenvalue weighted by atomic mass is 16.5. The molecule has 0 aromatic heterocycles. The molecule has 0 aliphatic heterocycles. The summed E-state index contributed by atoms with van der Waals surface area (Å²) in [5.74, 6) is 0.674. The van der Waals surface area contributed by atoms with E-state index in [1.807, 2.05) is 32.0 Å². The lowest BCUT2D eigenvalue weighted by molar-refractivity contribution is -0.135. The Kier molecular flexibility index (Phi) is 4.73. The van der Waals surface area contributed by atoms with Gasteiger partial charge in [-0.15, -0.1) is 0 Å². The normalized spacial score (nSPS) is 13.9. The lowest BCUT2D eigenvalue weighted by atomic mass is 10.1. The van der Waals surface area contributed by atoms with Crippen molar-refractivity contribution in [2.24, 2.45) is 5.73 Å². The second-order valence-electron chi connectivity index (χ2n) is 4.81. The molecule has 1 amide bonds. The number of carbonyl (C=O) groups is 1. The van der Waals surface area contributed by atoms with E-state index in [0.29, 0.717) is 0 Å². The van der Waals surface area contributed by atoms with E-state index in [1.165, 1.54) is 4.90 Å². The molecule has 0 radical (unpaired) electrons. The molecule has 1 aromatic rings. The van der Waals surface area contributed by atoms with Gasteiger partial charge >= 0.3 is 0 Å². The van der Waals surface area contributed by atoms with E-state index < -0.39 is 6.10 Å². The Balaban J connectivity index is 2.83. The van der Waals surface area contributed by atoms with Crippen molar-refractivity contribution in [1.29, 1.82) is 0 Å². The topological polar surface area (TPSA) is 55.6 Å². The fourth-order valence-corrected chi connectivity index (χ4v) is 1.69. The molecule has 0 aliphatic carbocycles. The summed E-state index contributed by atoms with van der Waals surface area (Å²) in [6.45, 7) is 5.64. The Labute approximate surface area is 109 Å². The number of benzene rings is 1. The minimum absolute atomic E-state index is 0.00131. The van der Waals surface area contributed by atoms with Gasteiger partial charge < -0.3 is 15.4 Å². The zero-order chi connectivity index (χ0) is 13.9. The summed E-state index contributed by atoms with van der Waals surface area (Å²) in [4.78, 5) is 13.2. The second-order valence-corrected chi connectivity index (χ2v) is 4.81. The summed E-state index contributed by atoms with van der Waals surface area (Å²) in [7, 11) is 3.43. The Morgan fingerprint density at radius 3 is 2.39 bits per heavy atom. The van der Waals surface area contributed by atoms with Gasteiger partial charge in [-0.25, -0.2) is 0 Å². The molecule has 4 nitrogen and oxygen atoms in total. The highest BCUT2D eigenvalue weighted by molar-refractivity contribution is 5.80.